The highest BCUT2D eigenvalue weighted by molar-refractivity contribution is 5.89. The highest BCUT2D eigenvalue weighted by Gasteiger charge is 2.31. The Morgan fingerprint density at radius 3 is 2.41 bits per heavy atom. The molecule has 0 aliphatic heterocycles. The van der Waals surface area contributed by atoms with Crippen molar-refractivity contribution in [1.29, 1.82) is 0 Å². The summed E-state index contributed by atoms with van der Waals surface area (Å²) in [5, 5.41) is 14.5. The van der Waals surface area contributed by atoms with Crippen molar-refractivity contribution in [1.82, 2.24) is 10.2 Å². The molecule has 194 valence electrons. The smallest absolute Gasteiger partial charge is 0.273 e. The molecule has 0 aromatic heterocycles. The third-order valence-electron chi connectivity index (χ3n) is 6.12. The second-order valence-electron chi connectivity index (χ2n) is 8.79. The maximum atomic E-state index is 13.8. The van der Waals surface area contributed by atoms with E-state index in [4.69, 9.17) is 4.74 Å². The molecule has 3 aromatic rings. The number of unbranched alkanes of at least 4 members (excludes halogenated alkanes) is 1. The number of rotatable bonds is 13. The number of nitro groups is 1. The molecule has 37 heavy (non-hydrogen) atoms. The Bertz CT molecular complexity index is 1200. The van der Waals surface area contributed by atoms with Crippen LogP contribution in [0.3, 0.4) is 0 Å². The van der Waals surface area contributed by atoms with E-state index in [0.717, 1.165) is 24.0 Å². The molecule has 0 fully saturated rings. The van der Waals surface area contributed by atoms with Crippen LogP contribution in [0, 0.1) is 10.1 Å². The summed E-state index contributed by atoms with van der Waals surface area (Å²) < 4.78 is 5.35. The number of carbonyl (C=O) groups excluding carboxylic acids is 2. The van der Waals surface area contributed by atoms with Gasteiger partial charge in [0, 0.05) is 31.1 Å². The van der Waals surface area contributed by atoms with Gasteiger partial charge in [-0.1, -0.05) is 74.0 Å². The highest BCUT2D eigenvalue weighted by atomic mass is 16.6. The number of amides is 2. The fourth-order valence-electron chi connectivity index (χ4n) is 4.13. The summed E-state index contributed by atoms with van der Waals surface area (Å²) in [5.41, 5.74) is 1.88. The van der Waals surface area contributed by atoms with Crippen molar-refractivity contribution in [2.75, 3.05) is 13.7 Å². The molecule has 0 aliphatic rings. The van der Waals surface area contributed by atoms with Gasteiger partial charge in [-0.15, -0.1) is 0 Å². The van der Waals surface area contributed by atoms with Crippen LogP contribution in [-0.2, 0) is 29.0 Å². The van der Waals surface area contributed by atoms with Crippen LogP contribution in [-0.4, -0.2) is 41.3 Å². The summed E-state index contributed by atoms with van der Waals surface area (Å²) in [6, 6.07) is 22.2. The molecule has 0 saturated heterocycles. The van der Waals surface area contributed by atoms with E-state index in [1.54, 1.807) is 25.3 Å². The molecule has 0 unspecified atom stereocenters. The van der Waals surface area contributed by atoms with Gasteiger partial charge < -0.3 is 15.0 Å². The Hall–Kier alpha value is -4.20. The van der Waals surface area contributed by atoms with E-state index in [-0.39, 0.29) is 30.5 Å². The van der Waals surface area contributed by atoms with Crippen molar-refractivity contribution in [3.8, 4) is 5.75 Å². The number of para-hydroxylation sites is 1. The third-order valence-corrected chi connectivity index (χ3v) is 6.12. The van der Waals surface area contributed by atoms with Gasteiger partial charge in [0.1, 0.15) is 11.8 Å². The van der Waals surface area contributed by atoms with Crippen LogP contribution in [0.4, 0.5) is 5.69 Å². The molecule has 0 aliphatic carbocycles. The molecule has 8 heteroatoms. The molecule has 0 saturated carbocycles. The zero-order valence-electron chi connectivity index (χ0n) is 21.3. The molecule has 2 amide bonds. The summed E-state index contributed by atoms with van der Waals surface area (Å²) in [4.78, 5) is 39.9. The molecule has 0 heterocycles. The van der Waals surface area contributed by atoms with E-state index >= 15 is 0 Å². The predicted octanol–water partition coefficient (Wildman–Crippen LogP) is 4.70. The van der Waals surface area contributed by atoms with Crippen molar-refractivity contribution >= 4 is 17.5 Å². The Labute approximate surface area is 217 Å². The van der Waals surface area contributed by atoms with Crippen molar-refractivity contribution in [3.63, 3.8) is 0 Å². The van der Waals surface area contributed by atoms with Gasteiger partial charge in [-0.2, -0.15) is 0 Å². The van der Waals surface area contributed by atoms with E-state index < -0.39 is 11.0 Å². The van der Waals surface area contributed by atoms with Gasteiger partial charge in [0.15, 0.2) is 0 Å². The summed E-state index contributed by atoms with van der Waals surface area (Å²) in [5.74, 6) is 0.00964. The van der Waals surface area contributed by atoms with Crippen LogP contribution in [0.15, 0.2) is 78.9 Å². The number of carbonyl (C=O) groups is 2. The maximum Gasteiger partial charge on any atom is 0.273 e. The average molecular weight is 504 g/mol. The lowest BCUT2D eigenvalue weighted by Crippen LogP contribution is -2.51. The largest absolute Gasteiger partial charge is 0.497 e. The van der Waals surface area contributed by atoms with E-state index in [1.165, 1.54) is 11.0 Å². The first-order chi connectivity index (χ1) is 17.9. The number of nitrogens with zero attached hydrogens (tertiary/aromatic N) is 2. The Kier molecular flexibility index (Phi) is 10.2. The van der Waals surface area contributed by atoms with Gasteiger partial charge in [-0.05, 0) is 29.7 Å². The topological polar surface area (TPSA) is 102 Å². The quantitative estimate of drug-likeness (QED) is 0.207. The first kappa shape index (κ1) is 27.4. The van der Waals surface area contributed by atoms with E-state index in [2.05, 4.69) is 5.32 Å². The Balaban J connectivity index is 2.00. The van der Waals surface area contributed by atoms with Gasteiger partial charge in [0.2, 0.25) is 11.8 Å². The standard InChI is InChI=1S/C29H33N3O5/c1-3-4-17-30-29(34)27(19-22-11-6-5-7-12-22)31(21-23-13-10-15-25(18-23)37-2)28(33)20-24-14-8-9-16-26(24)32(35)36/h5-16,18,27H,3-4,17,19-21H2,1-2H3,(H,30,34)/t27-/m1/s1. The molecule has 8 nitrogen and oxygen atoms in total. The lowest BCUT2D eigenvalue weighted by Gasteiger charge is -2.31. The molecular weight excluding hydrogens is 470 g/mol. The second-order valence-corrected chi connectivity index (χ2v) is 8.79. The molecule has 1 N–H and O–H groups in total. The fourth-order valence-corrected chi connectivity index (χ4v) is 4.13. The van der Waals surface area contributed by atoms with Crippen LogP contribution in [0.5, 0.6) is 5.75 Å². The minimum absolute atomic E-state index is 0.121. The van der Waals surface area contributed by atoms with Crippen LogP contribution in [0.2, 0.25) is 0 Å². The number of hydrogen-bond acceptors (Lipinski definition) is 5. The van der Waals surface area contributed by atoms with Crippen molar-refractivity contribution in [2.24, 2.45) is 0 Å². The fraction of sp³-hybridized carbons (Fsp3) is 0.310. The lowest BCUT2D eigenvalue weighted by atomic mass is 10.0. The predicted molar refractivity (Wildman–Crippen MR) is 142 cm³/mol. The number of nitrogens with one attached hydrogen (secondary N) is 1. The molecule has 1 atom stereocenters. The first-order valence-corrected chi connectivity index (χ1v) is 12.4. The van der Waals surface area contributed by atoms with Crippen LogP contribution >= 0.6 is 0 Å². The van der Waals surface area contributed by atoms with Gasteiger partial charge in [-0.25, -0.2) is 0 Å². The number of methoxy groups -OCH3 is 1. The molecular formula is C29H33N3O5. The lowest BCUT2D eigenvalue weighted by molar-refractivity contribution is -0.385. The van der Waals surface area contributed by atoms with Crippen molar-refractivity contribution in [2.45, 2.75) is 45.2 Å². The van der Waals surface area contributed by atoms with Crippen LogP contribution in [0.25, 0.3) is 0 Å². The third kappa shape index (κ3) is 7.90. The van der Waals surface area contributed by atoms with E-state index in [1.807, 2.05) is 61.5 Å². The molecule has 3 rings (SSSR count). The van der Waals surface area contributed by atoms with Gasteiger partial charge in [0.25, 0.3) is 5.69 Å². The van der Waals surface area contributed by atoms with Gasteiger partial charge >= 0.3 is 0 Å². The minimum atomic E-state index is -0.805. The second kappa shape index (κ2) is 13.8. The molecule has 0 radical (unpaired) electrons. The van der Waals surface area contributed by atoms with Gasteiger partial charge in [0.05, 0.1) is 18.5 Å². The summed E-state index contributed by atoms with van der Waals surface area (Å²) in [6.45, 7) is 2.69. The SMILES string of the molecule is CCCCNC(=O)[C@@H](Cc1ccccc1)N(Cc1cccc(OC)c1)C(=O)Cc1ccccc1[N+](=O)[O-]. The number of ether oxygens (including phenoxy) is 1. The van der Waals surface area contributed by atoms with Crippen molar-refractivity contribution in [3.05, 3.63) is 106 Å². The first-order valence-electron chi connectivity index (χ1n) is 12.4. The van der Waals surface area contributed by atoms with Crippen molar-refractivity contribution < 1.29 is 19.2 Å². The van der Waals surface area contributed by atoms with Crippen LogP contribution in [0.1, 0.15) is 36.5 Å². The monoisotopic (exact) mass is 503 g/mol. The molecule has 0 bridgehead atoms. The highest BCUT2D eigenvalue weighted by Crippen LogP contribution is 2.22. The maximum absolute atomic E-state index is 13.8. The zero-order valence-corrected chi connectivity index (χ0v) is 21.3. The van der Waals surface area contributed by atoms with E-state index in [9.17, 15) is 19.7 Å². The minimum Gasteiger partial charge on any atom is -0.497 e. The summed E-state index contributed by atoms with van der Waals surface area (Å²) in [7, 11) is 1.57. The van der Waals surface area contributed by atoms with E-state index in [0.29, 0.717) is 24.3 Å². The zero-order chi connectivity index (χ0) is 26.6. The van der Waals surface area contributed by atoms with Crippen LogP contribution < -0.4 is 10.1 Å². The number of nitro benzene ring substituents is 1. The summed E-state index contributed by atoms with van der Waals surface area (Å²) in [6.07, 6.45) is 1.86. The number of benzene rings is 3. The number of hydrogen-bond donors (Lipinski definition) is 1. The molecule has 0 spiro atoms. The average Bonchev–Trinajstić information content (AvgIpc) is 2.91. The Morgan fingerprint density at radius 1 is 1.00 bits per heavy atom. The molecule has 3 aromatic carbocycles. The van der Waals surface area contributed by atoms with Gasteiger partial charge in [-0.3, -0.25) is 19.7 Å². The summed E-state index contributed by atoms with van der Waals surface area (Å²) >= 11 is 0. The Morgan fingerprint density at radius 2 is 1.70 bits per heavy atom. The normalized spacial score (nSPS) is 11.4.